The molecule has 3 amide bonds. The molecule has 14 nitrogen and oxygen atoms in total. The molecule has 9 N–H and O–H groups in total. The smallest absolute Gasteiger partial charge is 0.305 e. The van der Waals surface area contributed by atoms with E-state index in [-0.39, 0.29) is 19.4 Å². The Morgan fingerprint density at radius 3 is 2.33 bits per heavy atom. The number of rotatable bonds is 12. The van der Waals surface area contributed by atoms with Gasteiger partial charge >= 0.3 is 5.97 Å². The maximum Gasteiger partial charge on any atom is 0.305 e. The number of nitrogens with two attached hydrogens (primary N) is 2. The van der Waals surface area contributed by atoms with Gasteiger partial charge in [-0.1, -0.05) is 0 Å². The number of aliphatic hydroxyl groups is 3. The Morgan fingerprint density at radius 1 is 1.18 bits per heavy atom. The summed E-state index contributed by atoms with van der Waals surface area (Å²) in [6, 6.07) is -3.09. The summed E-state index contributed by atoms with van der Waals surface area (Å²) >= 11 is 0. The molecule has 8 atom stereocenters. The lowest BCUT2D eigenvalue weighted by Crippen LogP contribution is -2.65. The zero-order chi connectivity index (χ0) is 25.3. The third kappa shape index (κ3) is 9.19. The Labute approximate surface area is 190 Å². The van der Waals surface area contributed by atoms with Crippen molar-refractivity contribution in [3.8, 4) is 0 Å². The van der Waals surface area contributed by atoms with Gasteiger partial charge in [-0.05, 0) is 20.3 Å². The normalized spacial score (nSPS) is 27.7. The van der Waals surface area contributed by atoms with Crippen LogP contribution < -0.4 is 22.1 Å². The van der Waals surface area contributed by atoms with E-state index in [1.165, 1.54) is 20.8 Å². The molecule has 0 bridgehead atoms. The van der Waals surface area contributed by atoms with Gasteiger partial charge in [0, 0.05) is 13.3 Å². The van der Waals surface area contributed by atoms with Crippen LogP contribution in [0.1, 0.15) is 33.6 Å². The lowest BCUT2D eigenvalue weighted by Gasteiger charge is -2.43. The number of esters is 1. The first-order valence-electron chi connectivity index (χ1n) is 10.4. The number of nitrogens with one attached hydrogen (secondary N) is 2. The molecule has 1 heterocycles. The van der Waals surface area contributed by atoms with Crippen LogP contribution in [0.4, 0.5) is 0 Å². The van der Waals surface area contributed by atoms with E-state index >= 15 is 0 Å². The van der Waals surface area contributed by atoms with E-state index in [0.29, 0.717) is 0 Å². The summed E-state index contributed by atoms with van der Waals surface area (Å²) in [7, 11) is 0. The maximum atomic E-state index is 12.0. The van der Waals surface area contributed by atoms with Crippen molar-refractivity contribution in [2.45, 2.75) is 82.4 Å². The fraction of sp³-hybridized carbons (Fsp3) is 0.789. The molecule has 0 aliphatic carbocycles. The summed E-state index contributed by atoms with van der Waals surface area (Å²) in [5, 5.41) is 34.6. The third-order valence-corrected chi connectivity index (χ3v) is 4.82. The highest BCUT2D eigenvalue weighted by atomic mass is 16.6. The average Bonchev–Trinajstić information content (AvgIpc) is 2.73. The third-order valence-electron chi connectivity index (χ3n) is 4.82. The zero-order valence-corrected chi connectivity index (χ0v) is 18.8. The van der Waals surface area contributed by atoms with Crippen molar-refractivity contribution in [2.24, 2.45) is 11.5 Å². The van der Waals surface area contributed by atoms with Crippen LogP contribution in [-0.4, -0.2) is 101 Å². The van der Waals surface area contributed by atoms with Gasteiger partial charge in [0.25, 0.3) is 0 Å². The van der Waals surface area contributed by atoms with Gasteiger partial charge in [0.05, 0.1) is 18.8 Å². The highest BCUT2D eigenvalue weighted by molar-refractivity contribution is 5.89. The fourth-order valence-corrected chi connectivity index (χ4v) is 3.08. The van der Waals surface area contributed by atoms with Crippen LogP contribution in [0.3, 0.4) is 0 Å². The molecular formula is C19H34N4O10. The molecule has 1 rings (SSSR count). The molecule has 33 heavy (non-hydrogen) atoms. The molecule has 0 radical (unpaired) electrons. The van der Waals surface area contributed by atoms with Crippen molar-refractivity contribution in [3.05, 3.63) is 0 Å². The molecule has 0 aromatic heterocycles. The minimum absolute atomic E-state index is 0.102. The molecule has 0 aromatic carbocycles. The molecule has 0 spiro atoms. The Morgan fingerprint density at radius 2 is 1.82 bits per heavy atom. The van der Waals surface area contributed by atoms with Gasteiger partial charge in [-0.2, -0.15) is 0 Å². The number of amides is 3. The van der Waals surface area contributed by atoms with Crippen LogP contribution in [0.15, 0.2) is 0 Å². The van der Waals surface area contributed by atoms with Crippen molar-refractivity contribution in [1.29, 1.82) is 0 Å². The first kappa shape index (κ1) is 28.7. The molecule has 0 aromatic rings. The van der Waals surface area contributed by atoms with Crippen LogP contribution in [0.2, 0.25) is 0 Å². The molecule has 1 fully saturated rings. The lowest BCUT2D eigenvalue weighted by atomic mass is 9.96. The summed E-state index contributed by atoms with van der Waals surface area (Å²) in [6.07, 6.45) is -6.39. The highest BCUT2D eigenvalue weighted by Crippen LogP contribution is 2.23. The molecule has 14 heteroatoms. The summed E-state index contributed by atoms with van der Waals surface area (Å²) in [5.41, 5.74) is 10.6. The van der Waals surface area contributed by atoms with Crippen molar-refractivity contribution < 1.29 is 48.7 Å². The summed E-state index contributed by atoms with van der Waals surface area (Å²) < 4.78 is 15.9. The Bertz CT molecular complexity index is 691. The van der Waals surface area contributed by atoms with E-state index in [1.807, 2.05) is 0 Å². The molecular weight excluding hydrogens is 444 g/mol. The van der Waals surface area contributed by atoms with Crippen LogP contribution >= 0.6 is 0 Å². The number of carbonyl (C=O) groups is 4. The maximum absolute atomic E-state index is 12.0. The molecule has 190 valence electrons. The quantitative estimate of drug-likeness (QED) is 0.133. The predicted molar refractivity (Wildman–Crippen MR) is 111 cm³/mol. The molecule has 1 unspecified atom stereocenters. The SMILES string of the molecule is CC(=O)N[C@@H]1[C@@H](OC(C)COC(=O)CC[C@@H](NC(=O)[C@H](C)N)C(N)=O)[C@H](O)[C@@H](CO)O[C@@H]1O. The molecule has 1 aliphatic heterocycles. The van der Waals surface area contributed by atoms with E-state index in [1.54, 1.807) is 0 Å². The Kier molecular flexibility index (Phi) is 11.6. The number of ether oxygens (including phenoxy) is 3. The van der Waals surface area contributed by atoms with Gasteiger partial charge in [0.1, 0.15) is 37.0 Å². The number of carbonyl (C=O) groups excluding carboxylic acids is 4. The van der Waals surface area contributed by atoms with Gasteiger partial charge in [-0.15, -0.1) is 0 Å². The highest BCUT2D eigenvalue weighted by Gasteiger charge is 2.46. The van der Waals surface area contributed by atoms with E-state index in [2.05, 4.69) is 10.6 Å². The van der Waals surface area contributed by atoms with Gasteiger partial charge in [-0.3, -0.25) is 19.2 Å². The zero-order valence-electron chi connectivity index (χ0n) is 18.8. The van der Waals surface area contributed by atoms with Crippen LogP contribution in [-0.2, 0) is 33.4 Å². The minimum Gasteiger partial charge on any atom is -0.463 e. The van der Waals surface area contributed by atoms with Crippen LogP contribution in [0.25, 0.3) is 0 Å². The van der Waals surface area contributed by atoms with Crippen molar-refractivity contribution in [3.63, 3.8) is 0 Å². The van der Waals surface area contributed by atoms with Gasteiger partial charge in [0.15, 0.2) is 6.29 Å². The summed E-state index contributed by atoms with van der Waals surface area (Å²) in [6.45, 7) is 3.29. The number of primary amides is 1. The fourth-order valence-electron chi connectivity index (χ4n) is 3.08. The second-order valence-corrected chi connectivity index (χ2v) is 7.85. The van der Waals surface area contributed by atoms with Gasteiger partial charge in [-0.25, -0.2) is 0 Å². The Balaban J connectivity index is 2.62. The van der Waals surface area contributed by atoms with Gasteiger partial charge < -0.3 is 51.6 Å². The summed E-state index contributed by atoms with van der Waals surface area (Å²) in [5.74, 6) is -2.64. The van der Waals surface area contributed by atoms with Gasteiger partial charge in [0.2, 0.25) is 17.7 Å². The first-order valence-corrected chi connectivity index (χ1v) is 10.4. The van der Waals surface area contributed by atoms with E-state index in [0.717, 1.165) is 0 Å². The second-order valence-electron chi connectivity index (χ2n) is 7.85. The van der Waals surface area contributed by atoms with Crippen molar-refractivity contribution >= 4 is 23.7 Å². The predicted octanol–water partition coefficient (Wildman–Crippen LogP) is -4.02. The number of hydrogen-bond acceptors (Lipinski definition) is 11. The lowest BCUT2D eigenvalue weighted by molar-refractivity contribution is -0.269. The minimum atomic E-state index is -1.55. The largest absolute Gasteiger partial charge is 0.463 e. The summed E-state index contributed by atoms with van der Waals surface area (Å²) in [4.78, 5) is 46.6. The first-order chi connectivity index (χ1) is 15.4. The van der Waals surface area contributed by atoms with E-state index < -0.39 is 79.1 Å². The standard InChI is InChI=1S/C19H34N4O10/c1-8(7-31-13(26)5-4-11(17(21)28)23-18(29)9(2)20)32-16-14(22-10(3)25)19(30)33-12(6-24)15(16)27/h8-9,11-12,14-16,19,24,27,30H,4-7,20H2,1-3H3,(H2,21,28)(H,22,25)(H,23,29)/t8?,9-,11+,12+,14+,15+,16+,19-/m0/s1. The number of aliphatic hydroxyl groups excluding tert-OH is 3. The molecule has 1 aliphatic rings. The van der Waals surface area contributed by atoms with Crippen molar-refractivity contribution in [1.82, 2.24) is 10.6 Å². The van der Waals surface area contributed by atoms with Crippen molar-refractivity contribution in [2.75, 3.05) is 13.2 Å². The molecule has 1 saturated heterocycles. The van der Waals surface area contributed by atoms with Crippen LogP contribution in [0.5, 0.6) is 0 Å². The number of hydrogen-bond donors (Lipinski definition) is 7. The monoisotopic (exact) mass is 478 g/mol. The molecule has 0 saturated carbocycles. The Hall–Kier alpha value is -2.36. The average molecular weight is 478 g/mol. The topological polar surface area (TPSA) is 233 Å². The van der Waals surface area contributed by atoms with Crippen LogP contribution in [0, 0.1) is 0 Å². The van der Waals surface area contributed by atoms with E-state index in [4.69, 9.17) is 25.7 Å². The van der Waals surface area contributed by atoms with E-state index in [9.17, 15) is 34.5 Å². The second kappa shape index (κ2) is 13.4.